The third-order valence-electron chi connectivity index (χ3n) is 3.71. The average Bonchev–Trinajstić information content (AvgIpc) is 2.70. The number of phenolic OH excluding ortho intramolecular Hbond substituents is 1. The van der Waals surface area contributed by atoms with Crippen molar-refractivity contribution in [1.82, 2.24) is 4.90 Å². The summed E-state index contributed by atoms with van der Waals surface area (Å²) < 4.78 is 18.7. The number of carbonyl (C=O) groups is 1. The van der Waals surface area contributed by atoms with Gasteiger partial charge in [0.15, 0.2) is 0 Å². The molecule has 0 aliphatic carbocycles. The number of hydrogen-bond donors (Lipinski definition) is 1. The van der Waals surface area contributed by atoms with Gasteiger partial charge in [0.1, 0.15) is 11.6 Å². The lowest BCUT2D eigenvalue weighted by atomic mass is 10.1. The molecule has 116 valence electrons. The standard InChI is InChI=1S/C16H22FNO3/c1-2-10-21-13-4-3-8-18(9-7-13)16(20)14-6-5-12(17)11-15(14)19/h5-6,11,13,19H,2-4,7-10H2,1H3. The Bertz CT molecular complexity index is 492. The minimum atomic E-state index is -0.548. The molecular formula is C16H22FNO3. The van der Waals surface area contributed by atoms with Crippen molar-refractivity contribution in [1.29, 1.82) is 0 Å². The predicted octanol–water partition coefficient (Wildman–Crippen LogP) is 2.95. The number of ether oxygens (including phenoxy) is 1. The highest BCUT2D eigenvalue weighted by molar-refractivity contribution is 5.96. The number of aromatic hydroxyl groups is 1. The first kappa shape index (κ1) is 15.8. The Kier molecular flexibility index (Phi) is 5.56. The van der Waals surface area contributed by atoms with Gasteiger partial charge in [-0.05, 0) is 37.8 Å². The number of hydrogen-bond acceptors (Lipinski definition) is 3. The zero-order valence-corrected chi connectivity index (χ0v) is 12.3. The zero-order valence-electron chi connectivity index (χ0n) is 12.3. The van der Waals surface area contributed by atoms with Crippen LogP contribution < -0.4 is 0 Å². The molecule has 0 saturated carbocycles. The van der Waals surface area contributed by atoms with Gasteiger partial charge in [0.25, 0.3) is 5.91 Å². The quantitative estimate of drug-likeness (QED) is 0.929. The summed E-state index contributed by atoms with van der Waals surface area (Å²) in [5.41, 5.74) is 0.157. The smallest absolute Gasteiger partial charge is 0.257 e. The second-order valence-electron chi connectivity index (χ2n) is 5.38. The third kappa shape index (κ3) is 4.17. The van der Waals surface area contributed by atoms with Crippen LogP contribution in [0.1, 0.15) is 43.0 Å². The summed E-state index contributed by atoms with van der Waals surface area (Å²) in [6.45, 7) is 4.06. The minimum Gasteiger partial charge on any atom is -0.507 e. The zero-order chi connectivity index (χ0) is 15.2. The number of halogens is 1. The number of rotatable bonds is 4. The lowest BCUT2D eigenvalue weighted by molar-refractivity contribution is 0.0432. The maximum Gasteiger partial charge on any atom is 0.257 e. The van der Waals surface area contributed by atoms with Crippen molar-refractivity contribution in [3.63, 3.8) is 0 Å². The van der Waals surface area contributed by atoms with Crippen molar-refractivity contribution in [2.24, 2.45) is 0 Å². The Morgan fingerprint density at radius 1 is 1.43 bits per heavy atom. The van der Waals surface area contributed by atoms with Crippen LogP contribution in [0.25, 0.3) is 0 Å². The van der Waals surface area contributed by atoms with Crippen LogP contribution in [-0.2, 0) is 4.74 Å². The van der Waals surface area contributed by atoms with Gasteiger partial charge in [0.2, 0.25) is 0 Å². The molecule has 2 rings (SSSR count). The minimum absolute atomic E-state index is 0.157. The fraction of sp³-hybridized carbons (Fsp3) is 0.562. The Hall–Kier alpha value is -1.62. The summed E-state index contributed by atoms with van der Waals surface area (Å²) >= 11 is 0. The molecule has 1 aliphatic heterocycles. The van der Waals surface area contributed by atoms with E-state index in [1.54, 1.807) is 4.90 Å². The van der Waals surface area contributed by atoms with Crippen LogP contribution in [0.4, 0.5) is 4.39 Å². The molecule has 0 bridgehead atoms. The fourth-order valence-electron chi connectivity index (χ4n) is 2.58. The van der Waals surface area contributed by atoms with Crippen molar-refractivity contribution in [3.8, 4) is 5.75 Å². The van der Waals surface area contributed by atoms with E-state index in [-0.39, 0.29) is 23.3 Å². The van der Waals surface area contributed by atoms with Crippen molar-refractivity contribution in [3.05, 3.63) is 29.6 Å². The molecule has 1 unspecified atom stereocenters. The Morgan fingerprint density at radius 3 is 2.95 bits per heavy atom. The Morgan fingerprint density at radius 2 is 2.24 bits per heavy atom. The van der Waals surface area contributed by atoms with E-state index in [4.69, 9.17) is 4.74 Å². The number of likely N-dealkylation sites (tertiary alicyclic amines) is 1. The number of amides is 1. The number of carbonyl (C=O) groups excluding carboxylic acids is 1. The van der Waals surface area contributed by atoms with Crippen LogP contribution in [0.5, 0.6) is 5.75 Å². The third-order valence-corrected chi connectivity index (χ3v) is 3.71. The van der Waals surface area contributed by atoms with E-state index >= 15 is 0 Å². The maximum absolute atomic E-state index is 13.0. The van der Waals surface area contributed by atoms with E-state index in [0.717, 1.165) is 38.4 Å². The second kappa shape index (κ2) is 7.41. The maximum atomic E-state index is 13.0. The molecule has 0 aromatic heterocycles. The molecule has 1 atom stereocenters. The molecule has 1 saturated heterocycles. The molecule has 1 N–H and O–H groups in total. The first-order chi connectivity index (χ1) is 10.1. The van der Waals surface area contributed by atoms with E-state index < -0.39 is 5.82 Å². The molecule has 1 amide bonds. The summed E-state index contributed by atoms with van der Waals surface area (Å²) in [7, 11) is 0. The van der Waals surface area contributed by atoms with Crippen LogP contribution >= 0.6 is 0 Å². The fourth-order valence-corrected chi connectivity index (χ4v) is 2.58. The lowest BCUT2D eigenvalue weighted by Crippen LogP contribution is -2.32. The normalized spacial score (nSPS) is 19.3. The number of phenols is 1. The molecular weight excluding hydrogens is 273 g/mol. The van der Waals surface area contributed by atoms with E-state index in [2.05, 4.69) is 6.92 Å². The van der Waals surface area contributed by atoms with Crippen molar-refractivity contribution < 1.29 is 19.0 Å². The SMILES string of the molecule is CCCOC1CCCN(C(=O)c2ccc(F)cc2O)CC1. The average molecular weight is 295 g/mol. The van der Waals surface area contributed by atoms with Gasteiger partial charge in [0.05, 0.1) is 11.7 Å². The first-order valence-corrected chi connectivity index (χ1v) is 7.51. The van der Waals surface area contributed by atoms with Gasteiger partial charge in [-0.2, -0.15) is 0 Å². The van der Waals surface area contributed by atoms with Gasteiger partial charge in [-0.3, -0.25) is 4.79 Å². The van der Waals surface area contributed by atoms with Gasteiger partial charge < -0.3 is 14.7 Å². The molecule has 21 heavy (non-hydrogen) atoms. The highest BCUT2D eigenvalue weighted by Crippen LogP contribution is 2.22. The van der Waals surface area contributed by atoms with E-state index in [1.807, 2.05) is 0 Å². The molecule has 0 radical (unpaired) electrons. The van der Waals surface area contributed by atoms with Crippen LogP contribution in [0.3, 0.4) is 0 Å². The molecule has 5 heteroatoms. The summed E-state index contributed by atoms with van der Waals surface area (Å²) in [4.78, 5) is 14.1. The second-order valence-corrected chi connectivity index (χ2v) is 5.38. The first-order valence-electron chi connectivity index (χ1n) is 7.51. The van der Waals surface area contributed by atoms with Crippen molar-refractivity contribution in [2.45, 2.75) is 38.7 Å². The van der Waals surface area contributed by atoms with Gasteiger partial charge in [-0.1, -0.05) is 6.92 Å². The van der Waals surface area contributed by atoms with Crippen LogP contribution in [0.15, 0.2) is 18.2 Å². The van der Waals surface area contributed by atoms with Crippen LogP contribution in [0.2, 0.25) is 0 Å². The molecule has 1 aromatic rings. The van der Waals surface area contributed by atoms with Gasteiger partial charge in [-0.25, -0.2) is 4.39 Å². The molecule has 1 aromatic carbocycles. The number of benzene rings is 1. The van der Waals surface area contributed by atoms with Gasteiger partial charge in [0, 0.05) is 25.8 Å². The van der Waals surface area contributed by atoms with E-state index in [0.29, 0.717) is 13.1 Å². The Labute approximate surface area is 124 Å². The van der Waals surface area contributed by atoms with Crippen molar-refractivity contribution in [2.75, 3.05) is 19.7 Å². The molecule has 1 heterocycles. The lowest BCUT2D eigenvalue weighted by Gasteiger charge is -2.21. The summed E-state index contributed by atoms with van der Waals surface area (Å²) in [6, 6.07) is 3.50. The van der Waals surface area contributed by atoms with E-state index in [1.165, 1.54) is 12.1 Å². The molecule has 1 aliphatic rings. The topological polar surface area (TPSA) is 49.8 Å². The predicted molar refractivity (Wildman–Crippen MR) is 77.9 cm³/mol. The van der Waals surface area contributed by atoms with Crippen LogP contribution in [0, 0.1) is 5.82 Å². The highest BCUT2D eigenvalue weighted by atomic mass is 19.1. The summed E-state index contributed by atoms with van der Waals surface area (Å²) in [6.07, 6.45) is 3.81. The van der Waals surface area contributed by atoms with Crippen molar-refractivity contribution >= 4 is 5.91 Å². The van der Waals surface area contributed by atoms with Gasteiger partial charge >= 0.3 is 0 Å². The molecule has 1 fully saturated rings. The van der Waals surface area contributed by atoms with E-state index in [9.17, 15) is 14.3 Å². The summed E-state index contributed by atoms with van der Waals surface area (Å²) in [5, 5.41) is 9.72. The molecule has 4 nitrogen and oxygen atoms in total. The van der Waals surface area contributed by atoms with Gasteiger partial charge in [-0.15, -0.1) is 0 Å². The highest BCUT2D eigenvalue weighted by Gasteiger charge is 2.23. The Balaban J connectivity index is 1.99. The number of nitrogens with zero attached hydrogens (tertiary/aromatic N) is 1. The van der Waals surface area contributed by atoms with Crippen LogP contribution in [-0.4, -0.2) is 41.7 Å². The summed E-state index contributed by atoms with van der Waals surface area (Å²) in [5.74, 6) is -1.10. The molecule has 0 spiro atoms. The largest absolute Gasteiger partial charge is 0.507 e. The monoisotopic (exact) mass is 295 g/mol.